The van der Waals surface area contributed by atoms with Crippen LogP contribution >= 0.6 is 0 Å². The van der Waals surface area contributed by atoms with E-state index in [1.807, 2.05) is 24.9 Å². The number of nitrogens with one attached hydrogen (secondary N) is 2. The Balaban J connectivity index is 1.69. The van der Waals surface area contributed by atoms with Crippen molar-refractivity contribution in [2.45, 2.75) is 25.8 Å². The van der Waals surface area contributed by atoms with E-state index in [2.05, 4.69) is 20.8 Å². The number of rotatable bonds is 3. The molecule has 0 spiro atoms. The Hall–Kier alpha value is -2.15. The normalized spacial score (nSPS) is 16.1. The van der Waals surface area contributed by atoms with Crippen LogP contribution in [0, 0.1) is 6.92 Å². The van der Waals surface area contributed by atoms with E-state index in [0.717, 1.165) is 37.3 Å². The largest absolute Gasteiger partial charge is 0.319 e. The standard InChI is InChI=1S/C14H20N6O/c1-10-13(8-16-19(10)2)14(21)18-11-7-17-20(9-11)12-3-5-15-6-4-12/h7-9,12,15H,3-6H2,1-2H3,(H,18,21). The molecule has 2 aromatic heterocycles. The van der Waals surface area contributed by atoms with E-state index in [9.17, 15) is 4.79 Å². The number of anilines is 1. The Kier molecular flexibility index (Phi) is 3.74. The second-order valence-corrected chi connectivity index (χ2v) is 5.41. The maximum Gasteiger partial charge on any atom is 0.259 e. The Morgan fingerprint density at radius 1 is 1.33 bits per heavy atom. The lowest BCUT2D eigenvalue weighted by Crippen LogP contribution is -2.29. The maximum atomic E-state index is 12.2. The van der Waals surface area contributed by atoms with Crippen LogP contribution in [0.25, 0.3) is 0 Å². The highest BCUT2D eigenvalue weighted by Crippen LogP contribution is 2.20. The zero-order valence-electron chi connectivity index (χ0n) is 12.3. The molecule has 0 saturated carbocycles. The zero-order valence-corrected chi connectivity index (χ0v) is 12.3. The van der Waals surface area contributed by atoms with Crippen molar-refractivity contribution in [1.82, 2.24) is 24.9 Å². The molecule has 0 bridgehead atoms. The van der Waals surface area contributed by atoms with Crippen molar-refractivity contribution in [3.8, 4) is 0 Å². The first kappa shape index (κ1) is 13.8. The van der Waals surface area contributed by atoms with Crippen molar-refractivity contribution >= 4 is 11.6 Å². The highest BCUT2D eigenvalue weighted by atomic mass is 16.1. The van der Waals surface area contributed by atoms with Gasteiger partial charge < -0.3 is 10.6 Å². The number of amides is 1. The smallest absolute Gasteiger partial charge is 0.259 e. The molecule has 0 atom stereocenters. The number of carbonyl (C=O) groups is 1. The summed E-state index contributed by atoms with van der Waals surface area (Å²) in [6.45, 7) is 3.91. The van der Waals surface area contributed by atoms with Crippen LogP contribution in [0.1, 0.15) is 34.9 Å². The maximum absolute atomic E-state index is 12.2. The molecule has 2 N–H and O–H groups in total. The highest BCUT2D eigenvalue weighted by molar-refractivity contribution is 6.04. The summed E-state index contributed by atoms with van der Waals surface area (Å²) in [5.41, 5.74) is 2.16. The summed E-state index contributed by atoms with van der Waals surface area (Å²) in [5, 5.41) is 14.7. The third-order valence-electron chi connectivity index (χ3n) is 4.02. The van der Waals surface area contributed by atoms with Gasteiger partial charge in [0.05, 0.1) is 29.7 Å². The molecule has 7 nitrogen and oxygen atoms in total. The second kappa shape index (κ2) is 5.69. The van der Waals surface area contributed by atoms with Gasteiger partial charge in [0.1, 0.15) is 0 Å². The van der Waals surface area contributed by atoms with Crippen molar-refractivity contribution in [2.24, 2.45) is 7.05 Å². The molecule has 0 unspecified atom stereocenters. The van der Waals surface area contributed by atoms with Gasteiger partial charge in [-0.1, -0.05) is 0 Å². The second-order valence-electron chi connectivity index (χ2n) is 5.41. The third-order valence-corrected chi connectivity index (χ3v) is 4.02. The fraction of sp³-hybridized carbons (Fsp3) is 0.500. The Labute approximate surface area is 123 Å². The van der Waals surface area contributed by atoms with Crippen LogP contribution in [-0.4, -0.2) is 38.6 Å². The molecule has 1 aliphatic rings. The lowest BCUT2D eigenvalue weighted by molar-refractivity contribution is 0.102. The van der Waals surface area contributed by atoms with E-state index in [1.165, 1.54) is 0 Å². The third kappa shape index (κ3) is 2.82. The monoisotopic (exact) mass is 288 g/mol. The van der Waals surface area contributed by atoms with E-state index >= 15 is 0 Å². The summed E-state index contributed by atoms with van der Waals surface area (Å²) in [7, 11) is 1.82. The fourth-order valence-corrected chi connectivity index (χ4v) is 2.59. The zero-order chi connectivity index (χ0) is 14.8. The van der Waals surface area contributed by atoms with E-state index in [4.69, 9.17) is 0 Å². The van der Waals surface area contributed by atoms with Crippen LogP contribution in [-0.2, 0) is 7.05 Å². The van der Waals surface area contributed by atoms with Gasteiger partial charge in [-0.3, -0.25) is 14.2 Å². The number of hydrogen-bond acceptors (Lipinski definition) is 4. The van der Waals surface area contributed by atoms with Gasteiger partial charge in [0.25, 0.3) is 5.91 Å². The summed E-state index contributed by atoms with van der Waals surface area (Å²) in [6, 6.07) is 0.414. The predicted molar refractivity (Wildman–Crippen MR) is 79.3 cm³/mol. The van der Waals surface area contributed by atoms with E-state index in [-0.39, 0.29) is 5.91 Å². The van der Waals surface area contributed by atoms with Gasteiger partial charge in [0.2, 0.25) is 0 Å². The molecule has 112 valence electrons. The topological polar surface area (TPSA) is 76.8 Å². The first-order valence-corrected chi connectivity index (χ1v) is 7.20. The van der Waals surface area contributed by atoms with Crippen LogP contribution in [0.4, 0.5) is 5.69 Å². The number of aromatic nitrogens is 4. The Morgan fingerprint density at radius 3 is 2.76 bits per heavy atom. The number of nitrogens with zero attached hydrogens (tertiary/aromatic N) is 4. The molecule has 0 aromatic carbocycles. The molecular formula is C14H20N6O. The van der Waals surface area contributed by atoms with Crippen LogP contribution in [0.5, 0.6) is 0 Å². The highest BCUT2D eigenvalue weighted by Gasteiger charge is 2.17. The molecule has 1 aliphatic heterocycles. The Bertz CT molecular complexity index is 638. The van der Waals surface area contributed by atoms with Gasteiger partial charge in [0.15, 0.2) is 0 Å². The average Bonchev–Trinajstić information content (AvgIpc) is 3.08. The lowest BCUT2D eigenvalue weighted by atomic mass is 10.1. The summed E-state index contributed by atoms with van der Waals surface area (Å²) in [4.78, 5) is 12.2. The molecule has 3 rings (SSSR count). The van der Waals surface area contributed by atoms with Crippen LogP contribution in [0.15, 0.2) is 18.6 Å². The molecule has 1 amide bonds. The minimum Gasteiger partial charge on any atom is -0.319 e. The average molecular weight is 288 g/mol. The molecule has 7 heteroatoms. The van der Waals surface area contributed by atoms with Crippen LogP contribution in [0.3, 0.4) is 0 Å². The van der Waals surface area contributed by atoms with Gasteiger partial charge in [-0.25, -0.2) is 0 Å². The van der Waals surface area contributed by atoms with E-state index in [0.29, 0.717) is 11.6 Å². The Morgan fingerprint density at radius 2 is 2.10 bits per heavy atom. The van der Waals surface area contributed by atoms with Crippen LogP contribution in [0.2, 0.25) is 0 Å². The van der Waals surface area contributed by atoms with Gasteiger partial charge in [0, 0.05) is 18.9 Å². The summed E-state index contributed by atoms with van der Waals surface area (Å²) < 4.78 is 3.64. The van der Waals surface area contributed by atoms with Gasteiger partial charge in [-0.2, -0.15) is 10.2 Å². The SMILES string of the molecule is Cc1c(C(=O)Nc2cnn(C3CCNCC3)c2)cnn1C. The van der Waals surface area contributed by atoms with Crippen molar-refractivity contribution in [3.05, 3.63) is 29.8 Å². The van der Waals surface area contributed by atoms with Gasteiger partial charge >= 0.3 is 0 Å². The molecule has 3 heterocycles. The number of hydrogen-bond donors (Lipinski definition) is 2. The van der Waals surface area contributed by atoms with Crippen molar-refractivity contribution in [3.63, 3.8) is 0 Å². The molecule has 1 saturated heterocycles. The van der Waals surface area contributed by atoms with Crippen molar-refractivity contribution in [2.75, 3.05) is 18.4 Å². The number of carbonyl (C=O) groups excluding carboxylic acids is 1. The first-order valence-electron chi connectivity index (χ1n) is 7.20. The molecule has 2 aromatic rings. The lowest BCUT2D eigenvalue weighted by Gasteiger charge is -2.22. The molecular weight excluding hydrogens is 268 g/mol. The molecule has 0 aliphatic carbocycles. The van der Waals surface area contributed by atoms with Crippen molar-refractivity contribution < 1.29 is 4.79 Å². The summed E-state index contributed by atoms with van der Waals surface area (Å²) in [5.74, 6) is -0.148. The van der Waals surface area contributed by atoms with Crippen LogP contribution < -0.4 is 10.6 Å². The fourth-order valence-electron chi connectivity index (χ4n) is 2.59. The molecule has 1 fully saturated rings. The molecule has 21 heavy (non-hydrogen) atoms. The molecule has 0 radical (unpaired) electrons. The number of aryl methyl sites for hydroxylation is 1. The summed E-state index contributed by atoms with van der Waals surface area (Å²) >= 11 is 0. The van der Waals surface area contributed by atoms with Gasteiger partial charge in [-0.15, -0.1) is 0 Å². The quantitative estimate of drug-likeness (QED) is 0.887. The summed E-state index contributed by atoms with van der Waals surface area (Å²) in [6.07, 6.45) is 7.32. The first-order chi connectivity index (χ1) is 10.1. The van der Waals surface area contributed by atoms with E-state index in [1.54, 1.807) is 17.1 Å². The van der Waals surface area contributed by atoms with Gasteiger partial charge in [-0.05, 0) is 32.9 Å². The minimum atomic E-state index is -0.148. The van der Waals surface area contributed by atoms with E-state index < -0.39 is 0 Å². The number of piperidine rings is 1. The predicted octanol–water partition coefficient (Wildman–Crippen LogP) is 1.10. The van der Waals surface area contributed by atoms with Crippen molar-refractivity contribution in [1.29, 1.82) is 0 Å². The minimum absolute atomic E-state index is 0.148.